The number of benzene rings is 1. The van der Waals surface area contributed by atoms with Crippen molar-refractivity contribution in [3.63, 3.8) is 0 Å². The van der Waals surface area contributed by atoms with Crippen LogP contribution in [-0.2, 0) is 16.1 Å². The molecule has 2 N–H and O–H groups in total. The number of rotatable bonds is 5. The second-order valence-electron chi connectivity index (χ2n) is 5.12. The maximum atomic E-state index is 11.0. The fourth-order valence-corrected chi connectivity index (χ4v) is 2.26. The van der Waals surface area contributed by atoms with Crippen molar-refractivity contribution < 1.29 is 14.3 Å². The number of ether oxygens (including phenoxy) is 2. The summed E-state index contributed by atoms with van der Waals surface area (Å²) in [5.41, 5.74) is 7.14. The number of hydrogen-bond donors (Lipinski definition) is 1. The topological polar surface area (TPSA) is 64.8 Å². The number of hydrogen-bond acceptors (Lipinski definition) is 5. The van der Waals surface area contributed by atoms with Crippen molar-refractivity contribution in [1.29, 1.82) is 0 Å². The molecule has 1 fully saturated rings. The smallest absolute Gasteiger partial charge is 0.343 e. The fraction of sp³-hybridized carbons (Fsp3) is 0.533. The predicted octanol–water partition coefficient (Wildman–Crippen LogP) is 1.16. The fourth-order valence-electron chi connectivity index (χ4n) is 2.26. The Labute approximate surface area is 119 Å². The second-order valence-corrected chi connectivity index (χ2v) is 5.12. The lowest BCUT2D eigenvalue weighted by Crippen LogP contribution is -2.39. The van der Waals surface area contributed by atoms with Crippen LogP contribution in [0.1, 0.15) is 18.4 Å². The zero-order valence-electron chi connectivity index (χ0n) is 11.9. The van der Waals surface area contributed by atoms with E-state index in [1.165, 1.54) is 12.7 Å². The molecule has 0 amide bonds. The van der Waals surface area contributed by atoms with Gasteiger partial charge in [-0.3, -0.25) is 4.90 Å². The summed E-state index contributed by atoms with van der Waals surface area (Å²) in [6.07, 6.45) is 2.14. The van der Waals surface area contributed by atoms with Gasteiger partial charge in [0.1, 0.15) is 5.75 Å². The first kappa shape index (κ1) is 14.8. The van der Waals surface area contributed by atoms with Gasteiger partial charge in [-0.2, -0.15) is 0 Å². The largest absolute Gasteiger partial charge is 0.482 e. The molecule has 0 radical (unpaired) electrons. The van der Waals surface area contributed by atoms with E-state index in [9.17, 15) is 4.79 Å². The van der Waals surface area contributed by atoms with Crippen LogP contribution in [0.3, 0.4) is 0 Å². The lowest BCUT2D eigenvalue weighted by atomic mass is 10.1. The molecule has 1 aromatic rings. The minimum absolute atomic E-state index is 0.0557. The molecule has 2 rings (SSSR count). The van der Waals surface area contributed by atoms with Crippen LogP contribution in [0.5, 0.6) is 5.75 Å². The average molecular weight is 278 g/mol. The Morgan fingerprint density at radius 3 is 2.55 bits per heavy atom. The van der Waals surface area contributed by atoms with Crippen LogP contribution in [0.2, 0.25) is 0 Å². The van der Waals surface area contributed by atoms with Crippen molar-refractivity contribution in [2.45, 2.75) is 25.4 Å². The zero-order valence-corrected chi connectivity index (χ0v) is 11.9. The number of piperidine rings is 1. The molecule has 5 nitrogen and oxygen atoms in total. The summed E-state index contributed by atoms with van der Waals surface area (Å²) in [7, 11) is 1.35. The van der Waals surface area contributed by atoms with Gasteiger partial charge in [-0.25, -0.2) is 4.79 Å². The zero-order chi connectivity index (χ0) is 14.4. The van der Waals surface area contributed by atoms with Gasteiger partial charge in [-0.05, 0) is 43.6 Å². The summed E-state index contributed by atoms with van der Waals surface area (Å²) < 4.78 is 9.84. The van der Waals surface area contributed by atoms with Gasteiger partial charge in [0.05, 0.1) is 7.11 Å². The Hall–Kier alpha value is -1.59. The Balaban J connectivity index is 1.80. The van der Waals surface area contributed by atoms with Crippen LogP contribution >= 0.6 is 0 Å². The van der Waals surface area contributed by atoms with E-state index >= 15 is 0 Å². The number of carbonyl (C=O) groups excluding carboxylic acids is 1. The van der Waals surface area contributed by atoms with E-state index in [1.807, 2.05) is 24.3 Å². The molecule has 0 aromatic heterocycles. The van der Waals surface area contributed by atoms with Crippen LogP contribution < -0.4 is 10.5 Å². The van der Waals surface area contributed by atoms with Gasteiger partial charge in [0.2, 0.25) is 0 Å². The van der Waals surface area contributed by atoms with Gasteiger partial charge in [-0.15, -0.1) is 0 Å². The van der Waals surface area contributed by atoms with Gasteiger partial charge in [0.15, 0.2) is 6.61 Å². The first-order valence-electron chi connectivity index (χ1n) is 6.94. The van der Waals surface area contributed by atoms with Crippen LogP contribution in [0, 0.1) is 0 Å². The molecule has 0 saturated carbocycles. The maximum Gasteiger partial charge on any atom is 0.343 e. The van der Waals surface area contributed by atoms with E-state index in [2.05, 4.69) is 9.64 Å². The van der Waals surface area contributed by atoms with Crippen molar-refractivity contribution in [3.05, 3.63) is 29.8 Å². The van der Waals surface area contributed by atoms with Crippen molar-refractivity contribution in [1.82, 2.24) is 4.90 Å². The highest BCUT2D eigenvalue weighted by Crippen LogP contribution is 2.16. The Morgan fingerprint density at radius 1 is 1.30 bits per heavy atom. The van der Waals surface area contributed by atoms with E-state index in [-0.39, 0.29) is 12.6 Å². The quantitative estimate of drug-likeness (QED) is 0.819. The standard InChI is InChI=1S/C15H22N2O3/c1-19-15(18)11-20-14-4-2-12(3-5-14)10-17-8-6-13(16)7-9-17/h2-5,13H,6-11,16H2,1H3. The van der Waals surface area contributed by atoms with Crippen molar-refractivity contribution in [2.75, 3.05) is 26.8 Å². The summed E-state index contributed by atoms with van der Waals surface area (Å²) in [5, 5.41) is 0. The third kappa shape index (κ3) is 4.51. The molecule has 0 bridgehead atoms. The van der Waals surface area contributed by atoms with Crippen molar-refractivity contribution >= 4 is 5.97 Å². The van der Waals surface area contributed by atoms with Crippen LogP contribution in [0.4, 0.5) is 0 Å². The summed E-state index contributed by atoms with van der Waals surface area (Å²) in [6, 6.07) is 8.19. The molecule has 0 unspecified atom stereocenters. The number of likely N-dealkylation sites (tertiary alicyclic amines) is 1. The number of esters is 1. The van der Waals surface area contributed by atoms with E-state index in [1.54, 1.807) is 0 Å². The van der Waals surface area contributed by atoms with Crippen LogP contribution in [-0.4, -0.2) is 43.7 Å². The lowest BCUT2D eigenvalue weighted by molar-refractivity contribution is -0.142. The molecule has 110 valence electrons. The molecule has 1 aliphatic rings. The maximum absolute atomic E-state index is 11.0. The minimum atomic E-state index is -0.376. The Bertz CT molecular complexity index is 425. The summed E-state index contributed by atoms with van der Waals surface area (Å²) in [4.78, 5) is 13.4. The molecule has 0 atom stereocenters. The van der Waals surface area contributed by atoms with Gasteiger partial charge in [0, 0.05) is 12.6 Å². The van der Waals surface area contributed by atoms with Crippen molar-refractivity contribution in [3.8, 4) is 5.75 Å². The van der Waals surface area contributed by atoms with Crippen molar-refractivity contribution in [2.24, 2.45) is 5.73 Å². The Morgan fingerprint density at radius 2 is 1.95 bits per heavy atom. The number of methoxy groups -OCH3 is 1. The first-order chi connectivity index (χ1) is 9.67. The normalized spacial score (nSPS) is 16.9. The highest BCUT2D eigenvalue weighted by molar-refractivity contribution is 5.70. The first-order valence-corrected chi connectivity index (χ1v) is 6.94. The molecular formula is C15H22N2O3. The SMILES string of the molecule is COC(=O)COc1ccc(CN2CCC(N)CC2)cc1. The molecule has 1 aliphatic heterocycles. The van der Waals surface area contributed by atoms with Crippen LogP contribution in [0.15, 0.2) is 24.3 Å². The van der Waals surface area contributed by atoms with Gasteiger partial charge in [0.25, 0.3) is 0 Å². The number of nitrogens with zero attached hydrogens (tertiary/aromatic N) is 1. The molecule has 1 saturated heterocycles. The van der Waals surface area contributed by atoms with Gasteiger partial charge < -0.3 is 15.2 Å². The molecule has 1 aromatic carbocycles. The summed E-state index contributed by atoms with van der Waals surface area (Å²) in [5.74, 6) is 0.304. The number of carbonyl (C=O) groups is 1. The molecule has 1 heterocycles. The monoisotopic (exact) mass is 278 g/mol. The van der Waals surface area contributed by atoms with E-state index in [4.69, 9.17) is 10.5 Å². The summed E-state index contributed by atoms with van der Waals surface area (Å²) >= 11 is 0. The second kappa shape index (κ2) is 7.26. The molecule has 5 heteroatoms. The van der Waals surface area contributed by atoms with Gasteiger partial charge >= 0.3 is 5.97 Å². The predicted molar refractivity (Wildman–Crippen MR) is 76.4 cm³/mol. The number of nitrogens with two attached hydrogens (primary N) is 1. The van der Waals surface area contributed by atoms with E-state index in [0.717, 1.165) is 32.5 Å². The minimum Gasteiger partial charge on any atom is -0.482 e. The summed E-state index contributed by atoms with van der Waals surface area (Å²) in [6.45, 7) is 2.99. The van der Waals surface area contributed by atoms with E-state index in [0.29, 0.717) is 11.8 Å². The third-order valence-corrected chi connectivity index (χ3v) is 3.55. The van der Waals surface area contributed by atoms with Crippen LogP contribution in [0.25, 0.3) is 0 Å². The average Bonchev–Trinajstić information content (AvgIpc) is 2.48. The molecule has 0 aliphatic carbocycles. The third-order valence-electron chi connectivity index (χ3n) is 3.55. The lowest BCUT2D eigenvalue weighted by Gasteiger charge is -2.30. The molecule has 0 spiro atoms. The molecular weight excluding hydrogens is 256 g/mol. The van der Waals surface area contributed by atoms with E-state index < -0.39 is 0 Å². The Kier molecular flexibility index (Phi) is 5.38. The van der Waals surface area contributed by atoms with Gasteiger partial charge in [-0.1, -0.05) is 12.1 Å². The highest BCUT2D eigenvalue weighted by Gasteiger charge is 2.15. The molecule has 20 heavy (non-hydrogen) atoms. The highest BCUT2D eigenvalue weighted by atomic mass is 16.6.